The Morgan fingerprint density at radius 2 is 1.50 bits per heavy atom. The molecule has 15 atom stereocenters. The van der Waals surface area contributed by atoms with Crippen LogP contribution in [-0.4, -0.2) is 135 Å². The van der Waals surface area contributed by atoms with E-state index in [1.54, 1.807) is 7.05 Å². The number of likely N-dealkylation sites (N-methyl/N-ethyl adjacent to an activating group) is 1. The summed E-state index contributed by atoms with van der Waals surface area (Å²) in [5.41, 5.74) is 17.0. The third-order valence-electron chi connectivity index (χ3n) is 6.95. The van der Waals surface area contributed by atoms with E-state index in [0.717, 1.165) is 0 Å². The molecule has 0 unspecified atom stereocenters. The zero-order valence-corrected chi connectivity index (χ0v) is 19.5. The first kappa shape index (κ1) is 28.0. The van der Waals surface area contributed by atoms with Gasteiger partial charge in [-0.1, -0.05) is 0 Å². The first-order chi connectivity index (χ1) is 15.8. The van der Waals surface area contributed by atoms with Gasteiger partial charge in [-0.3, -0.25) is 0 Å². The SMILES string of the molecule is CN[C@H]1[C@H](O)[C@@H](O[C@H]2[C@H](O)[C@H](O[C@H]3O[C@H]([C@@H](C)O)[C@@H](O)[C@H](O)[C@H]3N)[C@H](N)C[C@@H]2N)OC[C@@]1(C)O. The minimum Gasteiger partial charge on any atom is -0.391 e. The summed E-state index contributed by atoms with van der Waals surface area (Å²) in [5.74, 6) is 0. The van der Waals surface area contributed by atoms with Crippen LogP contribution in [0, 0.1) is 0 Å². The van der Waals surface area contributed by atoms with Gasteiger partial charge in [-0.25, -0.2) is 0 Å². The van der Waals surface area contributed by atoms with Crippen molar-refractivity contribution in [3.05, 3.63) is 0 Å². The second kappa shape index (κ2) is 10.8. The lowest BCUT2D eigenvalue weighted by molar-refractivity contribution is -0.319. The fraction of sp³-hybridized carbons (Fsp3) is 1.00. The largest absolute Gasteiger partial charge is 0.391 e. The van der Waals surface area contributed by atoms with Gasteiger partial charge in [0.2, 0.25) is 0 Å². The van der Waals surface area contributed by atoms with E-state index in [-0.39, 0.29) is 13.0 Å². The van der Waals surface area contributed by atoms with Crippen molar-refractivity contribution in [1.82, 2.24) is 5.32 Å². The second-order valence-corrected chi connectivity index (χ2v) is 9.82. The van der Waals surface area contributed by atoms with Crippen molar-refractivity contribution < 1.29 is 49.6 Å². The summed E-state index contributed by atoms with van der Waals surface area (Å²) in [6.45, 7) is 2.75. The lowest BCUT2D eigenvalue weighted by Gasteiger charge is -2.49. The summed E-state index contributed by atoms with van der Waals surface area (Å²) in [4.78, 5) is 0. The zero-order valence-electron chi connectivity index (χ0n) is 19.5. The topological polar surface area (TPSA) is 248 Å². The van der Waals surface area contributed by atoms with Gasteiger partial charge in [-0.05, 0) is 27.3 Å². The van der Waals surface area contributed by atoms with Crippen molar-refractivity contribution in [2.75, 3.05) is 13.7 Å². The van der Waals surface area contributed by atoms with Crippen molar-refractivity contribution in [2.45, 2.75) is 111 Å². The van der Waals surface area contributed by atoms with E-state index < -0.39 is 91.2 Å². The Kier molecular flexibility index (Phi) is 8.92. The van der Waals surface area contributed by atoms with Crippen molar-refractivity contribution >= 4 is 0 Å². The molecule has 3 aliphatic rings. The minimum atomic E-state index is -1.46. The van der Waals surface area contributed by atoms with Crippen molar-refractivity contribution in [2.24, 2.45) is 17.2 Å². The standard InChI is InChI=1S/C20H40N4O10/c1-6(25)14-11(27)10(26)9(23)18(32-14)33-15-7(21)4-8(22)16(12(15)28)34-19-13(29)17(24-3)20(2,30)5-31-19/h6-19,24-30H,4-5,21-23H2,1-3H3/t6-,7-,8+,9-,10-,11+,12-,13+,14-,15-,16-,17+,18-,19-,20-/m1/s1. The Bertz CT molecular complexity index is 675. The van der Waals surface area contributed by atoms with Crippen LogP contribution in [0.15, 0.2) is 0 Å². The highest BCUT2D eigenvalue weighted by molar-refractivity contribution is 5.02. The van der Waals surface area contributed by atoms with Gasteiger partial charge in [-0.15, -0.1) is 0 Å². The van der Waals surface area contributed by atoms with Gasteiger partial charge in [-0.2, -0.15) is 0 Å². The fourth-order valence-electron chi connectivity index (χ4n) is 4.95. The van der Waals surface area contributed by atoms with E-state index in [4.69, 9.17) is 36.1 Å². The van der Waals surface area contributed by atoms with Crippen molar-refractivity contribution in [3.63, 3.8) is 0 Å². The molecule has 1 aliphatic carbocycles. The third-order valence-corrected chi connectivity index (χ3v) is 6.95. The van der Waals surface area contributed by atoms with E-state index >= 15 is 0 Å². The second-order valence-electron chi connectivity index (χ2n) is 9.82. The Labute approximate surface area is 197 Å². The van der Waals surface area contributed by atoms with Crippen LogP contribution in [-0.2, 0) is 18.9 Å². The molecule has 0 aromatic carbocycles. The molecular weight excluding hydrogens is 456 g/mol. The Morgan fingerprint density at radius 1 is 0.941 bits per heavy atom. The van der Waals surface area contributed by atoms with Gasteiger partial charge >= 0.3 is 0 Å². The predicted molar refractivity (Wildman–Crippen MR) is 116 cm³/mol. The molecule has 14 heteroatoms. The summed E-state index contributed by atoms with van der Waals surface area (Å²) in [7, 11) is 1.58. The molecule has 0 aromatic heterocycles. The normalized spacial score (nSPS) is 53.5. The molecule has 0 bridgehead atoms. The van der Waals surface area contributed by atoms with Crippen LogP contribution in [0.25, 0.3) is 0 Å². The van der Waals surface area contributed by atoms with E-state index in [1.807, 2.05) is 0 Å². The molecule has 0 radical (unpaired) electrons. The number of nitrogens with one attached hydrogen (secondary N) is 1. The average molecular weight is 497 g/mol. The maximum absolute atomic E-state index is 11.1. The molecule has 1 saturated carbocycles. The molecule has 0 spiro atoms. The van der Waals surface area contributed by atoms with E-state index in [2.05, 4.69) is 5.32 Å². The predicted octanol–water partition coefficient (Wildman–Crippen LogP) is -5.61. The molecule has 0 amide bonds. The third kappa shape index (κ3) is 5.40. The smallest absolute Gasteiger partial charge is 0.185 e. The molecule has 3 fully saturated rings. The number of rotatable bonds is 6. The van der Waals surface area contributed by atoms with Crippen LogP contribution < -0.4 is 22.5 Å². The van der Waals surface area contributed by atoms with Gasteiger partial charge in [0.05, 0.1) is 24.8 Å². The maximum atomic E-state index is 11.1. The van der Waals surface area contributed by atoms with Crippen LogP contribution >= 0.6 is 0 Å². The van der Waals surface area contributed by atoms with Crippen molar-refractivity contribution in [1.29, 1.82) is 0 Å². The summed E-state index contributed by atoms with van der Waals surface area (Å²) in [6, 6.07) is -3.47. The monoisotopic (exact) mass is 496 g/mol. The average Bonchev–Trinajstić information content (AvgIpc) is 2.75. The molecule has 2 saturated heterocycles. The Morgan fingerprint density at radius 3 is 2.03 bits per heavy atom. The Hall–Kier alpha value is -0.560. The number of nitrogens with two attached hydrogens (primary N) is 3. The highest BCUT2D eigenvalue weighted by atomic mass is 16.7. The van der Waals surface area contributed by atoms with Crippen LogP contribution in [0.5, 0.6) is 0 Å². The summed E-state index contributed by atoms with van der Waals surface area (Å²) < 4.78 is 22.8. The molecule has 2 aliphatic heterocycles. The summed E-state index contributed by atoms with van der Waals surface area (Å²) in [5, 5.41) is 65.2. The quantitative estimate of drug-likeness (QED) is 0.165. The zero-order chi connectivity index (χ0) is 25.5. The van der Waals surface area contributed by atoms with Gasteiger partial charge < -0.3 is 72.1 Å². The molecule has 14 nitrogen and oxygen atoms in total. The summed E-state index contributed by atoms with van der Waals surface area (Å²) >= 11 is 0. The first-order valence-electron chi connectivity index (χ1n) is 11.4. The van der Waals surface area contributed by atoms with Crippen LogP contribution in [0.1, 0.15) is 20.3 Å². The highest BCUT2D eigenvalue weighted by Crippen LogP contribution is 2.32. The van der Waals surface area contributed by atoms with E-state index in [0.29, 0.717) is 0 Å². The molecule has 3 rings (SSSR count). The van der Waals surface area contributed by atoms with E-state index in [1.165, 1.54) is 13.8 Å². The van der Waals surface area contributed by atoms with Crippen molar-refractivity contribution in [3.8, 4) is 0 Å². The number of aliphatic hydroxyl groups is 6. The molecule has 2 heterocycles. The number of ether oxygens (including phenoxy) is 4. The van der Waals surface area contributed by atoms with E-state index in [9.17, 15) is 30.6 Å². The lowest BCUT2D eigenvalue weighted by Crippen LogP contribution is -2.69. The number of hydrogen-bond acceptors (Lipinski definition) is 14. The van der Waals surface area contributed by atoms with Gasteiger partial charge in [0.25, 0.3) is 0 Å². The highest BCUT2D eigenvalue weighted by Gasteiger charge is 2.52. The van der Waals surface area contributed by atoms with Crippen LogP contribution in [0.2, 0.25) is 0 Å². The molecule has 0 aromatic rings. The van der Waals surface area contributed by atoms with Crippen LogP contribution in [0.4, 0.5) is 0 Å². The fourth-order valence-corrected chi connectivity index (χ4v) is 4.95. The lowest BCUT2D eigenvalue weighted by atomic mass is 9.84. The number of hydrogen-bond donors (Lipinski definition) is 10. The molecule has 200 valence electrons. The van der Waals surface area contributed by atoms with Gasteiger partial charge in [0.1, 0.15) is 48.3 Å². The molecular formula is C20H40N4O10. The van der Waals surface area contributed by atoms with Gasteiger partial charge in [0.15, 0.2) is 12.6 Å². The minimum absolute atomic E-state index is 0.135. The maximum Gasteiger partial charge on any atom is 0.185 e. The van der Waals surface area contributed by atoms with Crippen LogP contribution in [0.3, 0.4) is 0 Å². The first-order valence-corrected chi connectivity index (χ1v) is 11.4. The summed E-state index contributed by atoms with van der Waals surface area (Å²) in [6.07, 6.45) is -12.4. The molecule has 13 N–H and O–H groups in total. The number of aliphatic hydroxyl groups excluding tert-OH is 5. The molecule has 34 heavy (non-hydrogen) atoms. The van der Waals surface area contributed by atoms with Gasteiger partial charge in [0, 0.05) is 12.1 Å². The Balaban J connectivity index is 1.73.